The maximum Gasteiger partial charge on any atom is 0.0493 e. The second-order valence-electron chi connectivity index (χ2n) is 16.1. The lowest BCUT2D eigenvalue weighted by Gasteiger charge is -2.34. The van der Waals surface area contributed by atoms with Gasteiger partial charge in [0.05, 0.1) is 0 Å². The molecule has 0 N–H and O–H groups in total. The molecule has 0 aliphatic heterocycles. The monoisotopic (exact) mass is 707 g/mol. The lowest BCUT2D eigenvalue weighted by atomic mass is 9.78. The molecule has 0 saturated carbocycles. The van der Waals surface area contributed by atoms with Crippen LogP contribution < -0.4 is 4.90 Å². The van der Waals surface area contributed by atoms with Gasteiger partial charge in [0.2, 0.25) is 0 Å². The Kier molecular flexibility index (Phi) is 8.32. The normalized spacial score (nSPS) is 19.2. The Morgan fingerprint density at radius 1 is 0.642 bits per heavy atom. The van der Waals surface area contributed by atoms with E-state index in [1.807, 2.05) is 6.07 Å². The minimum atomic E-state index is -0.147. The van der Waals surface area contributed by atoms with Crippen molar-refractivity contribution >= 4 is 28.5 Å². The van der Waals surface area contributed by atoms with Crippen LogP contribution in [0.4, 0.5) is 11.4 Å². The summed E-state index contributed by atoms with van der Waals surface area (Å²) in [6.45, 7) is 9.55. The number of hydrogen-bond donors (Lipinski definition) is 0. The predicted molar refractivity (Wildman–Crippen MR) is 226 cm³/mol. The van der Waals surface area contributed by atoms with E-state index in [0.717, 1.165) is 37.1 Å². The Labute approximate surface area is 320 Å². The van der Waals surface area contributed by atoms with Gasteiger partial charge >= 0.3 is 0 Å². The highest BCUT2D eigenvalue weighted by Crippen LogP contribution is 2.58. The lowest BCUT2D eigenvalue weighted by Crippen LogP contribution is -2.23. The fourth-order valence-corrected chi connectivity index (χ4v) is 9.65. The highest BCUT2D eigenvalue weighted by molar-refractivity contribution is 6.34. The van der Waals surface area contributed by atoms with Crippen LogP contribution in [0.5, 0.6) is 0 Å². The summed E-state index contributed by atoms with van der Waals surface area (Å²) in [4.78, 5) is 2.56. The third-order valence-electron chi connectivity index (χ3n) is 12.2. The van der Waals surface area contributed by atoms with Gasteiger partial charge in [-0.15, -0.1) is 0 Å². The van der Waals surface area contributed by atoms with Crippen molar-refractivity contribution in [3.05, 3.63) is 195 Å². The molecule has 0 radical (unpaired) electrons. The molecule has 2 heteroatoms. The molecule has 0 fully saturated rings. The maximum atomic E-state index is 6.94. The molecule has 0 aromatic heterocycles. The van der Waals surface area contributed by atoms with E-state index in [9.17, 15) is 0 Å². The van der Waals surface area contributed by atoms with Crippen molar-refractivity contribution < 1.29 is 0 Å². The molecule has 0 saturated heterocycles. The molecule has 4 aliphatic rings. The molecule has 0 amide bonds. The Balaban J connectivity index is 1.16. The fraction of sp³-hybridized carbons (Fsp3) is 0.216. The number of allylic oxidation sites excluding steroid dienone is 10. The van der Waals surface area contributed by atoms with Crippen LogP contribution in [0.15, 0.2) is 162 Å². The minimum absolute atomic E-state index is 0.0991. The van der Waals surface area contributed by atoms with Crippen LogP contribution in [0, 0.1) is 0 Å². The molecule has 0 atom stereocenters. The topological polar surface area (TPSA) is 3.24 Å². The molecule has 0 bridgehead atoms. The van der Waals surface area contributed by atoms with Crippen molar-refractivity contribution in [1.82, 2.24) is 0 Å². The molecular weight excluding hydrogens is 662 g/mol. The number of fused-ring (bicyclic) bond motifs is 5. The predicted octanol–water partition coefficient (Wildman–Crippen LogP) is 14.2. The Bertz CT molecular complexity index is 2410. The summed E-state index contributed by atoms with van der Waals surface area (Å²) in [5.74, 6) is 0. The lowest BCUT2D eigenvalue weighted by molar-refractivity contribution is 0.644. The van der Waals surface area contributed by atoms with Crippen LogP contribution in [0.1, 0.15) is 81.2 Å². The van der Waals surface area contributed by atoms with Crippen LogP contribution >= 0.6 is 11.6 Å². The first kappa shape index (κ1) is 33.7. The molecule has 262 valence electrons. The SMILES string of the molecule is CC1(C)C2=C(CCC(N(c3ccc(-c4ccccc4)cc3)c3ccccc3C/C3=C/C=C\C=CCC3)=C2)c2cc3c(cc21)-c1c(Cl)cccc1C3(C)C. The highest BCUT2D eigenvalue weighted by Gasteiger charge is 2.43. The number of anilines is 2. The van der Waals surface area contributed by atoms with E-state index in [1.165, 1.54) is 83.9 Å². The average molecular weight is 708 g/mol. The Morgan fingerprint density at radius 2 is 1.38 bits per heavy atom. The van der Waals surface area contributed by atoms with E-state index in [4.69, 9.17) is 11.6 Å². The van der Waals surface area contributed by atoms with Gasteiger partial charge in [0, 0.05) is 38.5 Å². The average Bonchev–Trinajstić information content (AvgIpc) is 3.52. The first-order chi connectivity index (χ1) is 25.7. The smallest absolute Gasteiger partial charge is 0.0493 e. The summed E-state index contributed by atoms with van der Waals surface area (Å²) < 4.78 is 0. The molecule has 9 rings (SSSR count). The van der Waals surface area contributed by atoms with Gasteiger partial charge in [0.15, 0.2) is 0 Å². The third kappa shape index (κ3) is 5.69. The summed E-state index contributed by atoms with van der Waals surface area (Å²) in [5.41, 5.74) is 19.9. The van der Waals surface area contributed by atoms with Crippen molar-refractivity contribution in [3.8, 4) is 22.3 Å². The summed E-state index contributed by atoms with van der Waals surface area (Å²) in [7, 11) is 0. The molecule has 53 heavy (non-hydrogen) atoms. The minimum Gasteiger partial charge on any atom is -0.314 e. The van der Waals surface area contributed by atoms with Crippen molar-refractivity contribution in [1.29, 1.82) is 0 Å². The van der Waals surface area contributed by atoms with Crippen molar-refractivity contribution in [2.45, 2.75) is 70.6 Å². The summed E-state index contributed by atoms with van der Waals surface area (Å²) in [6, 6.07) is 40.4. The Hall–Kier alpha value is -5.11. The van der Waals surface area contributed by atoms with Crippen molar-refractivity contribution in [3.63, 3.8) is 0 Å². The van der Waals surface area contributed by atoms with Gasteiger partial charge in [-0.3, -0.25) is 0 Å². The quantitative estimate of drug-likeness (QED) is 0.170. The van der Waals surface area contributed by atoms with Gasteiger partial charge in [0.1, 0.15) is 0 Å². The second-order valence-corrected chi connectivity index (χ2v) is 16.5. The largest absolute Gasteiger partial charge is 0.314 e. The van der Waals surface area contributed by atoms with Crippen LogP contribution in [0.3, 0.4) is 0 Å². The standard InChI is InChI=1S/C51H46ClN/c1-50(2)43-21-15-22-47(52)49(43)42-33-45-41(32-46(42)50)40-29-28-39(31-44(40)51(45,3)4)53(38-26-24-36(25-27-38)35-18-11-8-12-19-35)48-23-14-13-20-37(48)30-34-16-9-6-5-7-10-17-34/h5-9,11-16,18-27,31-33H,10,17,28-30H2,1-4H3/b7-5?,9-6-,34-16+. The molecule has 4 aliphatic carbocycles. The molecule has 0 heterocycles. The number of rotatable bonds is 6. The molecule has 5 aromatic carbocycles. The molecule has 0 unspecified atom stereocenters. The van der Waals surface area contributed by atoms with Crippen LogP contribution in [0.25, 0.3) is 27.8 Å². The highest BCUT2D eigenvalue weighted by atomic mass is 35.5. The van der Waals surface area contributed by atoms with Gasteiger partial charge < -0.3 is 4.90 Å². The zero-order chi connectivity index (χ0) is 36.3. The van der Waals surface area contributed by atoms with Crippen LogP contribution in [-0.2, 0) is 17.3 Å². The van der Waals surface area contributed by atoms with Gasteiger partial charge in [0.25, 0.3) is 0 Å². The second kappa shape index (κ2) is 13.1. The third-order valence-corrected chi connectivity index (χ3v) is 12.5. The van der Waals surface area contributed by atoms with Gasteiger partial charge in [-0.05, 0) is 130 Å². The summed E-state index contributed by atoms with van der Waals surface area (Å²) >= 11 is 6.94. The van der Waals surface area contributed by atoms with Crippen LogP contribution in [-0.4, -0.2) is 0 Å². The van der Waals surface area contributed by atoms with E-state index in [-0.39, 0.29) is 10.8 Å². The molecule has 1 nitrogen and oxygen atoms in total. The van der Waals surface area contributed by atoms with E-state index < -0.39 is 0 Å². The van der Waals surface area contributed by atoms with Gasteiger partial charge in [-0.25, -0.2) is 0 Å². The first-order valence-corrected chi connectivity index (χ1v) is 19.6. The van der Waals surface area contributed by atoms with Crippen molar-refractivity contribution in [2.75, 3.05) is 4.90 Å². The summed E-state index contributed by atoms with van der Waals surface area (Å²) in [5, 5.41) is 0.847. The van der Waals surface area contributed by atoms with Crippen LogP contribution in [0.2, 0.25) is 5.02 Å². The zero-order valence-corrected chi connectivity index (χ0v) is 32.0. The van der Waals surface area contributed by atoms with E-state index >= 15 is 0 Å². The number of benzene rings is 5. The maximum absolute atomic E-state index is 6.94. The van der Waals surface area contributed by atoms with E-state index in [1.54, 1.807) is 0 Å². The number of hydrogen-bond acceptors (Lipinski definition) is 1. The van der Waals surface area contributed by atoms with Gasteiger partial charge in [-0.1, -0.05) is 148 Å². The Morgan fingerprint density at radius 3 is 2.21 bits per heavy atom. The van der Waals surface area contributed by atoms with E-state index in [2.05, 4.69) is 172 Å². The van der Waals surface area contributed by atoms with Crippen molar-refractivity contribution in [2.24, 2.45) is 0 Å². The molecule has 0 spiro atoms. The number of nitrogens with zero attached hydrogens (tertiary/aromatic N) is 1. The fourth-order valence-electron chi connectivity index (χ4n) is 9.37. The summed E-state index contributed by atoms with van der Waals surface area (Å²) in [6.07, 6.45) is 18.7. The molecular formula is C51H46ClN. The first-order valence-electron chi connectivity index (χ1n) is 19.2. The van der Waals surface area contributed by atoms with Gasteiger partial charge in [-0.2, -0.15) is 0 Å². The zero-order valence-electron chi connectivity index (χ0n) is 31.2. The number of para-hydroxylation sites is 1. The van der Waals surface area contributed by atoms with E-state index in [0.29, 0.717) is 0 Å². The number of halogens is 1. The molecule has 5 aromatic rings.